The molecule has 6 nitrogen and oxygen atoms in total. The third-order valence-electron chi connectivity index (χ3n) is 21.9. The zero-order chi connectivity index (χ0) is 94.8. The van der Waals surface area contributed by atoms with Gasteiger partial charge in [0.15, 0.2) is 0 Å². The van der Waals surface area contributed by atoms with E-state index in [0.717, 1.165) is 99.3 Å². The summed E-state index contributed by atoms with van der Waals surface area (Å²) in [5.74, 6) is -0.153. The third kappa shape index (κ3) is 16.8. The third-order valence-corrected chi connectivity index (χ3v) is 22.5. The Morgan fingerprint density at radius 1 is 0.330 bits per heavy atom. The zero-order valence-electron chi connectivity index (χ0n) is 81.5. The number of halogens is 10. The van der Waals surface area contributed by atoms with E-state index in [1.54, 1.807) is 60.7 Å². The van der Waals surface area contributed by atoms with E-state index in [1.807, 2.05) is 12.1 Å². The summed E-state index contributed by atoms with van der Waals surface area (Å²) < 4.78 is 247. The van der Waals surface area contributed by atoms with Crippen molar-refractivity contribution in [1.82, 2.24) is 0 Å². The van der Waals surface area contributed by atoms with Crippen LogP contribution in [-0.4, -0.2) is 38.7 Å². The topological polar surface area (TPSA) is 77.4 Å². The highest BCUT2D eigenvalue weighted by atomic mass is 35.5. The van der Waals surface area contributed by atoms with Gasteiger partial charge in [-0.05, 0) is 250 Å². The quantitative estimate of drug-likeness (QED) is 0.0741. The van der Waals surface area contributed by atoms with Crippen molar-refractivity contribution in [3.05, 3.63) is 212 Å². The first-order valence-electron chi connectivity index (χ1n) is 45.5. The lowest BCUT2D eigenvalue weighted by atomic mass is 9.75. The number of hydrogen-bond donors (Lipinski definition) is 2. The molecule has 4 saturated carbocycles. The van der Waals surface area contributed by atoms with Crippen LogP contribution in [0.3, 0.4) is 0 Å². The number of rotatable bonds is 16. The second-order valence-corrected chi connectivity index (χ2v) is 30.4. The molecule has 2 N–H and O–H groups in total. The predicted molar refractivity (Wildman–Crippen MR) is 411 cm³/mol. The largest absolute Gasteiger partial charge is 0.497 e. The monoisotopic (exact) mass is 1490 g/mol. The molecule has 8 aromatic rings. The molecule has 0 bridgehead atoms. The predicted octanol–water partition coefficient (Wildman–Crippen LogP) is 27.2. The molecule has 0 aliphatic heterocycles. The van der Waals surface area contributed by atoms with Crippen molar-refractivity contribution in [2.24, 2.45) is 21.7 Å². The van der Waals surface area contributed by atoms with E-state index in [2.05, 4.69) is 55.4 Å². The Hall–Kier alpha value is -7.10. The van der Waals surface area contributed by atoms with Gasteiger partial charge in [-0.15, -0.1) is 23.2 Å². The number of methoxy groups -OCH3 is 4. The Kier molecular flexibility index (Phi) is 20.4. The second-order valence-electron chi connectivity index (χ2n) is 29.8. The van der Waals surface area contributed by atoms with Crippen LogP contribution < -0.4 is 18.9 Å². The number of hydrogen-bond acceptors (Lipinski definition) is 6. The molecule has 4 aliphatic carbocycles. The molecular weight excluding hydrogens is 1330 g/mol. The standard InChI is InChI=1S/2C21H23ClF2O.2C21H24F2O2.12H2/c2*1-21(2)8-4-5-18(21)16-9-13(12-22)20(24)11-15(16)17-10-14(25-3)6-7-19(17)23;2*1-21(2)8-4-5-18(21)16-9-13(12-24)20(23)11-15(16)17-10-14(25-3)6-7-19(17)22;;;;;;;;;;;;/h2*6-7,9-11,18H,4-5,8,12H2,1-3H3;2*6-7,9-11,18,24H,4-5,8,12H2,1-3H3;12*1H/t4*18-;;;;;;;;;;;;/m1010............/s1/i;;;;11*1+2T;1+2. The van der Waals surface area contributed by atoms with Crippen molar-refractivity contribution in [3.63, 3.8) is 0 Å². The van der Waals surface area contributed by atoms with Crippen LogP contribution in [0.15, 0.2) is 121 Å². The SMILES string of the molecule is COc1ccc(F)c(-c2cc(F)c(CCl)cc2[C@@H]2CCCC2(C)C)c1.COc1ccc(F)c(-c2cc(F)c(CCl)cc2[C@H]2CCCC2(C)C)c1.COc1ccc(F)c(-c2cc(F)c(CO)cc2[C@@H]2CCCC2(C)C)c1.COc1ccc(F)c(-c2cc(F)c(CO)cc2[C@H]2CCCC2(C)C)c1.[3HH].[3H][3H].[3H][3H].[3H][3H].[3H][3H].[3H][3H].[3H][3H].[3H][3H].[3H][3H].[3H][3H].[3H][3H].[3H][3H]. The van der Waals surface area contributed by atoms with Gasteiger partial charge in [-0.3, -0.25) is 0 Å². The van der Waals surface area contributed by atoms with Gasteiger partial charge in [0.1, 0.15) is 69.5 Å². The smallest absolute Gasteiger partial charge is 0.131 e. The van der Waals surface area contributed by atoms with Gasteiger partial charge in [-0.1, -0.05) is 93.2 Å². The van der Waals surface area contributed by atoms with Crippen LogP contribution in [0.1, 0.15) is 235 Å². The molecule has 0 heterocycles. The van der Waals surface area contributed by atoms with E-state index in [-0.39, 0.29) is 94.5 Å². The average Bonchev–Trinajstić information content (AvgIpc) is 1.74. The van der Waals surface area contributed by atoms with Crippen LogP contribution in [0, 0.1) is 68.2 Å². The molecule has 16 heteroatoms. The van der Waals surface area contributed by atoms with E-state index in [9.17, 15) is 45.3 Å². The number of aliphatic hydroxyl groups is 2. The molecule has 0 unspecified atom stereocenters. The van der Waals surface area contributed by atoms with Gasteiger partial charge in [0, 0.05) is 78.6 Å². The van der Waals surface area contributed by atoms with Crippen molar-refractivity contribution in [2.45, 2.75) is 181 Å². The van der Waals surface area contributed by atoms with E-state index < -0.39 is 34.9 Å². The van der Waals surface area contributed by atoms with Crippen LogP contribution in [0.2, 0.25) is 0 Å². The number of alkyl halides is 2. The van der Waals surface area contributed by atoms with Crippen LogP contribution in [0.25, 0.3) is 44.5 Å². The van der Waals surface area contributed by atoms with Crippen LogP contribution in [0.5, 0.6) is 23.0 Å². The normalized spacial score (nSPS) is 20.1. The van der Waals surface area contributed by atoms with Gasteiger partial charge in [0.25, 0.3) is 0 Å². The molecule has 4 aliphatic rings. The Morgan fingerprint density at radius 3 is 0.720 bits per heavy atom. The summed E-state index contributed by atoms with van der Waals surface area (Å²) >= 11 is 11.9. The minimum absolute atomic E-state index is 0. The van der Waals surface area contributed by atoms with Gasteiger partial charge >= 0.3 is 0 Å². The fraction of sp³-hybridized carbons (Fsp3) is 0.429. The zero-order valence-corrected chi connectivity index (χ0v) is 61.0. The highest BCUT2D eigenvalue weighted by molar-refractivity contribution is 6.17. The number of aliphatic hydroxyl groups excluding tert-OH is 2. The number of ether oxygens (including phenoxy) is 4. The first kappa shape index (κ1) is 62.7. The lowest BCUT2D eigenvalue weighted by Crippen LogP contribution is -2.17. The maximum Gasteiger partial charge on any atom is 0.131 e. The minimum Gasteiger partial charge on any atom is -0.497 e. The fourth-order valence-corrected chi connectivity index (χ4v) is 16.5. The van der Waals surface area contributed by atoms with Gasteiger partial charge in [0.05, 0.1) is 53.4 Å². The average molecular weight is 1490 g/mol. The van der Waals surface area contributed by atoms with Crippen molar-refractivity contribution in [3.8, 4) is 67.5 Å². The Morgan fingerprint density at radius 2 is 0.540 bits per heavy atom. The van der Waals surface area contributed by atoms with Crippen molar-refractivity contribution in [2.75, 3.05) is 28.4 Å². The second kappa shape index (κ2) is 32.5. The summed E-state index contributed by atoms with van der Waals surface area (Å²) in [5, 5.41) is 19.0. The van der Waals surface area contributed by atoms with E-state index in [4.69, 9.17) is 74.8 Å². The van der Waals surface area contributed by atoms with Gasteiger partial charge in [-0.2, -0.15) is 0 Å². The molecule has 0 radical (unpaired) electrons. The van der Waals surface area contributed by atoms with Crippen LogP contribution in [-0.2, 0) is 25.0 Å². The summed E-state index contributed by atoms with van der Waals surface area (Å²) in [4.78, 5) is 0. The summed E-state index contributed by atoms with van der Waals surface area (Å²) in [6, 6.07) is 30.8. The fourth-order valence-electron chi connectivity index (χ4n) is 16.0. The molecule has 560 valence electrons. The maximum absolute atomic E-state index is 14.6. The summed E-state index contributed by atoms with van der Waals surface area (Å²) in [6.45, 7) is 16.9. The lowest BCUT2D eigenvalue weighted by molar-refractivity contribution is 0.274. The molecule has 0 saturated heterocycles. The molecule has 100 heavy (non-hydrogen) atoms. The summed E-state index contributed by atoms with van der Waals surface area (Å²) in [5.41, 5.74) is 9.18. The Bertz CT molecular complexity index is 3760. The highest BCUT2D eigenvalue weighted by Crippen LogP contribution is 2.56. The van der Waals surface area contributed by atoms with Crippen molar-refractivity contribution in [1.29, 1.82) is 0 Å². The maximum atomic E-state index is 14.6. The van der Waals surface area contributed by atoms with Gasteiger partial charge in [-0.25, -0.2) is 35.1 Å². The summed E-state index contributed by atoms with van der Waals surface area (Å²) in [7, 11) is 6.12. The summed E-state index contributed by atoms with van der Waals surface area (Å²) in [6.07, 6.45) is 12.7. The van der Waals surface area contributed by atoms with Crippen LogP contribution >= 0.6 is 23.2 Å². The van der Waals surface area contributed by atoms with Crippen molar-refractivity contribution < 1.29 is 98.4 Å². The first-order valence-corrected chi connectivity index (χ1v) is 35.5. The Balaban J connectivity index is -0.000000710. The molecule has 8 aromatic carbocycles. The van der Waals surface area contributed by atoms with Crippen LogP contribution in [0.4, 0.5) is 35.1 Å². The molecule has 4 atom stereocenters. The lowest BCUT2D eigenvalue weighted by Gasteiger charge is -2.30. The molecule has 0 amide bonds. The van der Waals surface area contributed by atoms with Gasteiger partial charge < -0.3 is 29.2 Å². The number of benzene rings is 8. The van der Waals surface area contributed by atoms with E-state index >= 15 is 0 Å². The van der Waals surface area contributed by atoms with E-state index in [1.165, 1.54) is 77.0 Å². The molecular formula is C84H118Cl2F8O6. The van der Waals surface area contributed by atoms with Gasteiger partial charge in [0.2, 0.25) is 0 Å². The molecule has 0 aromatic heterocycles. The minimum atomic E-state index is -0.515. The highest BCUT2D eigenvalue weighted by Gasteiger charge is 2.41. The van der Waals surface area contributed by atoms with Crippen molar-refractivity contribution >= 4 is 23.2 Å². The first-order chi connectivity index (χ1) is 58.5. The van der Waals surface area contributed by atoms with E-state index in [0.29, 0.717) is 78.6 Å². The molecule has 4 fully saturated rings. The molecule has 0 spiro atoms. The molecule has 12 rings (SSSR count). The Labute approximate surface area is 630 Å².